The number of rotatable bonds is 9. The number of aryl methyl sites for hydroxylation is 2. The summed E-state index contributed by atoms with van der Waals surface area (Å²) in [7, 11) is -5.04. The number of fused-ring (bicyclic) bond motifs is 1. The van der Waals surface area contributed by atoms with Crippen LogP contribution in [-0.2, 0) is 20.2 Å². The van der Waals surface area contributed by atoms with Crippen molar-refractivity contribution in [1.82, 2.24) is 0 Å². The molecule has 0 saturated carbocycles. The van der Waals surface area contributed by atoms with E-state index in [9.17, 15) is 25.9 Å². The molecule has 0 atom stereocenters. The van der Waals surface area contributed by atoms with E-state index in [2.05, 4.69) is 30.7 Å². The van der Waals surface area contributed by atoms with E-state index in [-0.39, 0.29) is 16.5 Å². The zero-order valence-electron chi connectivity index (χ0n) is 23.5. The average molecular weight is 627 g/mol. The molecule has 0 amide bonds. The van der Waals surface area contributed by atoms with Crippen molar-refractivity contribution in [1.29, 1.82) is 0 Å². The summed E-state index contributed by atoms with van der Waals surface area (Å²) in [6, 6.07) is 12.5. The van der Waals surface area contributed by atoms with Crippen LogP contribution in [0.2, 0.25) is 0 Å². The summed E-state index contributed by atoms with van der Waals surface area (Å²) >= 11 is 0. The number of methoxy groups -OCH3 is 2. The van der Waals surface area contributed by atoms with Gasteiger partial charge in [0, 0.05) is 30.0 Å². The quantitative estimate of drug-likeness (QED) is 0.140. The van der Waals surface area contributed by atoms with E-state index < -0.39 is 30.0 Å². The molecule has 43 heavy (non-hydrogen) atoms. The minimum atomic E-state index is -4.80. The van der Waals surface area contributed by atoms with Crippen LogP contribution in [-0.4, -0.2) is 47.2 Å². The van der Waals surface area contributed by atoms with E-state index in [0.717, 1.165) is 17.7 Å². The molecule has 0 aliphatic heterocycles. The maximum atomic E-state index is 12.1. The van der Waals surface area contributed by atoms with Crippen molar-refractivity contribution in [2.75, 3.05) is 21.3 Å². The Morgan fingerprint density at radius 2 is 1.12 bits per heavy atom. The lowest BCUT2D eigenvalue weighted by atomic mass is 10.1. The van der Waals surface area contributed by atoms with E-state index in [1.807, 2.05) is 6.92 Å². The fourth-order valence-corrected chi connectivity index (χ4v) is 5.58. The first kappa shape index (κ1) is 31.3. The van der Waals surface area contributed by atoms with Crippen LogP contribution in [0.4, 0.5) is 28.4 Å². The summed E-state index contributed by atoms with van der Waals surface area (Å²) in [5.74, 6) is 0.772. The smallest absolute Gasteiger partial charge is 0.295 e. The molecule has 0 unspecified atom stereocenters. The summed E-state index contributed by atoms with van der Waals surface area (Å²) in [5, 5.41) is 24.4. The number of nitrogens with zero attached hydrogens (tertiary/aromatic N) is 6. The molecule has 4 aromatic rings. The Morgan fingerprint density at radius 3 is 1.63 bits per heavy atom. The van der Waals surface area contributed by atoms with Crippen LogP contribution in [0.5, 0.6) is 11.5 Å². The van der Waals surface area contributed by atoms with Gasteiger partial charge in [-0.2, -0.15) is 42.4 Å². The van der Waals surface area contributed by atoms with E-state index in [1.54, 1.807) is 38.2 Å². The summed E-state index contributed by atoms with van der Waals surface area (Å²) < 4.78 is 78.3. The molecule has 224 valence electrons. The van der Waals surface area contributed by atoms with Crippen molar-refractivity contribution in [3.63, 3.8) is 0 Å². The molecule has 0 radical (unpaired) electrons. The highest BCUT2D eigenvalue weighted by molar-refractivity contribution is 7.86. The second kappa shape index (κ2) is 12.3. The van der Waals surface area contributed by atoms with Crippen molar-refractivity contribution in [3.05, 3.63) is 65.7 Å². The van der Waals surface area contributed by atoms with Gasteiger partial charge in [0.15, 0.2) is 0 Å². The average Bonchev–Trinajstić information content (AvgIpc) is 2.94. The molecule has 4 rings (SSSR count). The Kier molecular flexibility index (Phi) is 8.96. The molecule has 0 spiro atoms. The number of ether oxygens (including phenoxy) is 2. The van der Waals surface area contributed by atoms with Gasteiger partial charge >= 0.3 is 0 Å². The van der Waals surface area contributed by atoms with Crippen LogP contribution in [0.1, 0.15) is 11.1 Å². The molecule has 14 nitrogen and oxygen atoms in total. The third kappa shape index (κ3) is 6.89. The largest absolute Gasteiger partial charge is 0.494 e. The van der Waals surface area contributed by atoms with Crippen LogP contribution in [0.15, 0.2) is 95.1 Å². The standard InChI is InChI=1S/C27H26N6O8S2/c1-15-9-22(30-28-3)24(40-4)14-21(15)32-33-23-10-16(2)20(13-25(23)41-5)31-29-17-11-19-18(27(12-17)43(37,38)39)7-6-8-26(19)42(34,35)36/h6-14H,1-5H3,(H,34,35,36)(H,37,38,39). The molecular weight excluding hydrogens is 600 g/mol. The monoisotopic (exact) mass is 626 g/mol. The van der Waals surface area contributed by atoms with E-state index in [4.69, 9.17) is 9.47 Å². The van der Waals surface area contributed by atoms with Crippen molar-refractivity contribution in [3.8, 4) is 11.5 Å². The molecule has 2 N–H and O–H groups in total. The highest BCUT2D eigenvalue weighted by Gasteiger charge is 2.21. The highest BCUT2D eigenvalue weighted by atomic mass is 32.2. The van der Waals surface area contributed by atoms with Gasteiger partial charge in [0.2, 0.25) is 0 Å². The predicted octanol–water partition coefficient (Wildman–Crippen LogP) is 7.51. The number of benzene rings is 4. The third-order valence-corrected chi connectivity index (χ3v) is 8.01. The Labute approximate surface area is 247 Å². The first-order chi connectivity index (χ1) is 20.3. The minimum Gasteiger partial charge on any atom is -0.494 e. The molecule has 0 aliphatic rings. The minimum absolute atomic E-state index is 0.103. The molecule has 0 heterocycles. The fraction of sp³-hybridized carbons (Fsp3) is 0.185. The van der Waals surface area contributed by atoms with Crippen molar-refractivity contribution >= 4 is 59.4 Å². The Balaban J connectivity index is 1.76. The van der Waals surface area contributed by atoms with Gasteiger partial charge in [0.05, 0.1) is 31.3 Å². The number of hydrogen-bond donors (Lipinski definition) is 2. The number of azo groups is 3. The van der Waals surface area contributed by atoms with Gasteiger partial charge in [-0.15, -0.1) is 5.11 Å². The Hall–Kier alpha value is -4.64. The first-order valence-corrected chi connectivity index (χ1v) is 15.2. The highest BCUT2D eigenvalue weighted by Crippen LogP contribution is 2.40. The topological polar surface area (TPSA) is 201 Å². The summed E-state index contributed by atoms with van der Waals surface area (Å²) in [6.45, 7) is 3.57. The summed E-state index contributed by atoms with van der Waals surface area (Å²) in [4.78, 5) is -1.16. The second-order valence-corrected chi connectivity index (χ2v) is 11.8. The molecule has 0 fully saturated rings. The lowest BCUT2D eigenvalue weighted by Crippen LogP contribution is -2.03. The van der Waals surface area contributed by atoms with Gasteiger partial charge in [0.1, 0.15) is 32.7 Å². The fourth-order valence-electron chi connectivity index (χ4n) is 4.16. The Morgan fingerprint density at radius 1 is 0.605 bits per heavy atom. The molecule has 4 aromatic carbocycles. The van der Waals surface area contributed by atoms with Crippen LogP contribution >= 0.6 is 0 Å². The zero-order chi connectivity index (χ0) is 31.5. The molecular formula is C27H26N6O8S2. The van der Waals surface area contributed by atoms with Crippen LogP contribution in [0, 0.1) is 13.8 Å². The number of hydrogen-bond acceptors (Lipinski definition) is 12. The van der Waals surface area contributed by atoms with Crippen LogP contribution < -0.4 is 9.47 Å². The van der Waals surface area contributed by atoms with Gasteiger partial charge in [-0.05, 0) is 55.3 Å². The van der Waals surface area contributed by atoms with Gasteiger partial charge in [0.25, 0.3) is 20.2 Å². The normalized spacial score (nSPS) is 12.6. The summed E-state index contributed by atoms with van der Waals surface area (Å²) in [6.07, 6.45) is 0. The molecule has 0 aliphatic carbocycles. The van der Waals surface area contributed by atoms with Gasteiger partial charge in [-0.25, -0.2) is 0 Å². The van der Waals surface area contributed by atoms with Crippen molar-refractivity contribution in [2.45, 2.75) is 23.6 Å². The molecule has 16 heteroatoms. The first-order valence-electron chi connectivity index (χ1n) is 12.3. The van der Waals surface area contributed by atoms with Crippen LogP contribution in [0.3, 0.4) is 0 Å². The molecule has 0 saturated heterocycles. The van der Waals surface area contributed by atoms with Crippen LogP contribution in [0.25, 0.3) is 10.8 Å². The summed E-state index contributed by atoms with van der Waals surface area (Å²) in [5.41, 5.74) is 3.06. The van der Waals surface area contributed by atoms with Crippen molar-refractivity contribution < 1.29 is 35.4 Å². The van der Waals surface area contributed by atoms with E-state index >= 15 is 0 Å². The zero-order valence-corrected chi connectivity index (χ0v) is 25.2. The predicted molar refractivity (Wildman–Crippen MR) is 158 cm³/mol. The molecule has 0 aromatic heterocycles. The van der Waals surface area contributed by atoms with E-state index in [0.29, 0.717) is 39.8 Å². The SMILES string of the molecule is CN=Nc1cc(C)c(N=Nc2cc(C)c(N=Nc3cc(S(=O)(=O)O)c4cccc(S(=O)(=O)O)c4c3)cc2OC)cc1OC. The molecule has 0 bridgehead atoms. The maximum absolute atomic E-state index is 12.1. The lowest BCUT2D eigenvalue weighted by molar-refractivity contribution is 0.415. The maximum Gasteiger partial charge on any atom is 0.295 e. The van der Waals surface area contributed by atoms with Crippen molar-refractivity contribution in [2.24, 2.45) is 30.7 Å². The second-order valence-electron chi connectivity index (χ2n) is 9.07. The van der Waals surface area contributed by atoms with E-state index in [1.165, 1.54) is 32.4 Å². The van der Waals surface area contributed by atoms with Gasteiger partial charge < -0.3 is 9.47 Å². The van der Waals surface area contributed by atoms with Gasteiger partial charge in [-0.3, -0.25) is 9.11 Å². The van der Waals surface area contributed by atoms with Gasteiger partial charge in [-0.1, -0.05) is 12.1 Å². The lowest BCUT2D eigenvalue weighted by Gasteiger charge is -2.10. The Bertz CT molecular complexity index is 2040. The third-order valence-electron chi connectivity index (χ3n) is 6.20.